The van der Waals surface area contributed by atoms with E-state index in [9.17, 15) is 24.3 Å². The summed E-state index contributed by atoms with van der Waals surface area (Å²) in [4.78, 5) is 50.5. The Kier molecular flexibility index (Phi) is 13.8. The van der Waals surface area contributed by atoms with E-state index in [0.717, 1.165) is 18.4 Å². The van der Waals surface area contributed by atoms with Gasteiger partial charge in [0.1, 0.15) is 11.8 Å². The molecule has 0 bridgehead atoms. The van der Waals surface area contributed by atoms with E-state index in [1.165, 1.54) is 44.6 Å². The van der Waals surface area contributed by atoms with E-state index in [1.807, 2.05) is 30.3 Å². The molecule has 0 aliphatic rings. The molecule has 0 radical (unpaired) electrons. The van der Waals surface area contributed by atoms with Crippen LogP contribution in [0.2, 0.25) is 0 Å². The van der Waals surface area contributed by atoms with E-state index in [-0.39, 0.29) is 35.8 Å². The summed E-state index contributed by atoms with van der Waals surface area (Å²) in [6.45, 7) is 2.79. The van der Waals surface area contributed by atoms with Gasteiger partial charge in [-0.25, -0.2) is 9.59 Å². The van der Waals surface area contributed by atoms with Crippen LogP contribution in [0.15, 0.2) is 97.1 Å². The first-order valence-electron chi connectivity index (χ1n) is 16.3. The van der Waals surface area contributed by atoms with Crippen LogP contribution in [-0.2, 0) is 22.4 Å². The number of anilines is 1. The molecule has 0 aliphatic heterocycles. The van der Waals surface area contributed by atoms with Gasteiger partial charge in [0.2, 0.25) is 5.91 Å². The number of methoxy groups -OCH3 is 1. The predicted molar refractivity (Wildman–Crippen MR) is 186 cm³/mol. The normalized spacial score (nSPS) is 11.2. The summed E-state index contributed by atoms with van der Waals surface area (Å²) in [5.41, 5.74) is 2.30. The third kappa shape index (κ3) is 11.5. The quantitative estimate of drug-likeness (QED) is 0.0594. The molecule has 256 valence electrons. The molecule has 4 aromatic rings. The highest BCUT2D eigenvalue weighted by Gasteiger charge is 2.23. The fourth-order valence-electron chi connectivity index (χ4n) is 5.07. The molecule has 1 atom stereocenters. The van der Waals surface area contributed by atoms with E-state index < -0.39 is 23.9 Å². The predicted octanol–water partition coefficient (Wildman–Crippen LogP) is 6.87. The van der Waals surface area contributed by atoms with E-state index >= 15 is 0 Å². The third-order valence-electron chi connectivity index (χ3n) is 7.70. The number of esters is 1. The van der Waals surface area contributed by atoms with Crippen molar-refractivity contribution in [1.29, 1.82) is 0 Å². The van der Waals surface area contributed by atoms with Crippen molar-refractivity contribution in [3.05, 3.63) is 119 Å². The highest BCUT2D eigenvalue weighted by molar-refractivity contribution is 5.99. The zero-order valence-corrected chi connectivity index (χ0v) is 27.8. The van der Waals surface area contributed by atoms with Gasteiger partial charge in [0.25, 0.3) is 5.91 Å². The Bertz CT molecular complexity index is 1710. The lowest BCUT2D eigenvalue weighted by Gasteiger charge is -2.17. The SMILES string of the molecule is CCCCCCCOc1ccc(C(=O)Oc2ccc(CC(NC(=O)c3cccc(NC(=O)Cc4ccccc4)c3)C(=O)O)cc2OC)cc1. The second-order valence-corrected chi connectivity index (χ2v) is 11.5. The van der Waals surface area contributed by atoms with Gasteiger partial charge < -0.3 is 30.0 Å². The number of ether oxygens (including phenoxy) is 3. The molecular weight excluding hydrogens is 624 g/mol. The van der Waals surface area contributed by atoms with E-state index in [0.29, 0.717) is 29.2 Å². The van der Waals surface area contributed by atoms with Crippen molar-refractivity contribution in [2.24, 2.45) is 0 Å². The Balaban J connectivity index is 1.33. The van der Waals surface area contributed by atoms with Gasteiger partial charge in [-0.2, -0.15) is 0 Å². The summed E-state index contributed by atoms with van der Waals surface area (Å²) in [5, 5.41) is 15.2. The van der Waals surface area contributed by atoms with Gasteiger partial charge in [-0.1, -0.05) is 75.1 Å². The van der Waals surface area contributed by atoms with Crippen LogP contribution in [0.25, 0.3) is 0 Å². The number of carbonyl (C=O) groups excluding carboxylic acids is 3. The Morgan fingerprint density at radius 1 is 0.755 bits per heavy atom. The minimum absolute atomic E-state index is 0.0702. The largest absolute Gasteiger partial charge is 0.494 e. The minimum atomic E-state index is -1.28. The van der Waals surface area contributed by atoms with Crippen LogP contribution in [-0.4, -0.2) is 48.6 Å². The number of carboxylic acid groups (broad SMARTS) is 1. The average Bonchev–Trinajstić information content (AvgIpc) is 3.10. The molecule has 1 unspecified atom stereocenters. The zero-order valence-electron chi connectivity index (χ0n) is 27.8. The number of benzene rings is 4. The molecule has 3 N–H and O–H groups in total. The third-order valence-corrected chi connectivity index (χ3v) is 7.70. The standard InChI is InChI=1S/C39H42N2O8/c1-3-4-5-6-10-22-48-32-19-17-29(18-20-32)39(46)49-34-21-16-28(24-35(34)47-2)23-33(38(44)45)41-37(43)30-14-11-15-31(26-30)40-36(42)25-27-12-8-7-9-13-27/h7-9,11-21,24,26,33H,3-6,10,22-23,25H2,1-2H3,(H,40,42)(H,41,43)(H,44,45). The van der Waals surface area contributed by atoms with Crippen LogP contribution in [0.1, 0.15) is 70.9 Å². The zero-order chi connectivity index (χ0) is 35.0. The monoisotopic (exact) mass is 666 g/mol. The van der Waals surface area contributed by atoms with Gasteiger partial charge in [-0.3, -0.25) is 9.59 Å². The Morgan fingerprint density at radius 3 is 2.22 bits per heavy atom. The first-order valence-corrected chi connectivity index (χ1v) is 16.3. The van der Waals surface area contributed by atoms with Crippen molar-refractivity contribution in [3.8, 4) is 17.2 Å². The van der Waals surface area contributed by atoms with Crippen LogP contribution in [0.5, 0.6) is 17.2 Å². The molecule has 4 aromatic carbocycles. The number of amides is 2. The number of aliphatic carboxylic acids is 1. The van der Waals surface area contributed by atoms with Crippen LogP contribution in [0.3, 0.4) is 0 Å². The molecule has 2 amide bonds. The fourth-order valence-corrected chi connectivity index (χ4v) is 5.07. The summed E-state index contributed by atoms with van der Waals surface area (Å²) in [7, 11) is 1.41. The molecule has 0 heterocycles. The van der Waals surface area contributed by atoms with Gasteiger partial charge in [-0.15, -0.1) is 0 Å². The fraction of sp³-hybridized carbons (Fsp3) is 0.282. The Hall–Kier alpha value is -5.64. The van der Waals surface area contributed by atoms with Gasteiger partial charge >= 0.3 is 11.9 Å². The maximum atomic E-state index is 13.1. The molecule has 0 aromatic heterocycles. The molecule has 10 heteroatoms. The smallest absolute Gasteiger partial charge is 0.343 e. The van der Waals surface area contributed by atoms with Crippen molar-refractivity contribution >= 4 is 29.4 Å². The lowest BCUT2D eigenvalue weighted by molar-refractivity contribution is -0.139. The van der Waals surface area contributed by atoms with Crippen molar-refractivity contribution in [1.82, 2.24) is 5.32 Å². The molecule has 0 spiro atoms. The van der Waals surface area contributed by atoms with Crippen LogP contribution in [0.4, 0.5) is 5.69 Å². The van der Waals surface area contributed by atoms with Crippen molar-refractivity contribution in [3.63, 3.8) is 0 Å². The topological polar surface area (TPSA) is 140 Å². The molecule has 49 heavy (non-hydrogen) atoms. The van der Waals surface area contributed by atoms with E-state index in [2.05, 4.69) is 17.6 Å². The first-order chi connectivity index (χ1) is 23.7. The van der Waals surface area contributed by atoms with Crippen LogP contribution in [0, 0.1) is 0 Å². The summed E-state index contributed by atoms with van der Waals surface area (Å²) < 4.78 is 16.8. The lowest BCUT2D eigenvalue weighted by Crippen LogP contribution is -2.42. The second-order valence-electron chi connectivity index (χ2n) is 11.5. The Labute approximate surface area is 286 Å². The minimum Gasteiger partial charge on any atom is -0.494 e. The molecule has 0 saturated carbocycles. The number of nitrogens with one attached hydrogen (secondary N) is 2. The maximum Gasteiger partial charge on any atom is 0.343 e. The number of rotatable bonds is 18. The molecule has 0 aliphatic carbocycles. The Morgan fingerprint density at radius 2 is 1.51 bits per heavy atom. The number of carbonyl (C=O) groups is 4. The number of carboxylic acids is 1. The first kappa shape index (κ1) is 36.2. The van der Waals surface area contributed by atoms with E-state index in [4.69, 9.17) is 14.2 Å². The summed E-state index contributed by atoms with van der Waals surface area (Å²) in [5.74, 6) is -1.64. The summed E-state index contributed by atoms with van der Waals surface area (Å²) in [6, 6.07) is 25.6. The van der Waals surface area contributed by atoms with Gasteiger partial charge in [0.05, 0.1) is 25.7 Å². The molecular formula is C39H42N2O8. The summed E-state index contributed by atoms with van der Waals surface area (Å²) in [6.07, 6.45) is 5.81. The van der Waals surface area contributed by atoms with Crippen LogP contribution < -0.4 is 24.8 Å². The van der Waals surface area contributed by atoms with E-state index in [1.54, 1.807) is 48.5 Å². The number of unbranched alkanes of at least 4 members (excludes halogenated alkanes) is 4. The van der Waals surface area contributed by atoms with Crippen molar-refractivity contribution in [2.45, 2.75) is 57.9 Å². The van der Waals surface area contributed by atoms with Crippen molar-refractivity contribution < 1.29 is 38.5 Å². The highest BCUT2D eigenvalue weighted by Crippen LogP contribution is 2.30. The lowest BCUT2D eigenvalue weighted by atomic mass is 10.0. The molecule has 10 nitrogen and oxygen atoms in total. The second kappa shape index (κ2) is 18.6. The van der Waals surface area contributed by atoms with Crippen molar-refractivity contribution in [2.75, 3.05) is 19.0 Å². The number of hydrogen-bond acceptors (Lipinski definition) is 7. The molecule has 0 saturated heterocycles. The maximum absolute atomic E-state index is 13.1. The molecule has 0 fully saturated rings. The van der Waals surface area contributed by atoms with Gasteiger partial charge in [0, 0.05) is 17.7 Å². The molecule has 4 rings (SSSR count). The average molecular weight is 667 g/mol. The summed E-state index contributed by atoms with van der Waals surface area (Å²) >= 11 is 0. The van der Waals surface area contributed by atoms with Gasteiger partial charge in [0.15, 0.2) is 11.5 Å². The number of hydrogen-bond donors (Lipinski definition) is 3. The van der Waals surface area contributed by atoms with Crippen LogP contribution >= 0.6 is 0 Å². The highest BCUT2D eigenvalue weighted by atomic mass is 16.6. The van der Waals surface area contributed by atoms with Gasteiger partial charge in [-0.05, 0) is 72.1 Å².